The van der Waals surface area contributed by atoms with E-state index in [1.54, 1.807) is 18.3 Å². The molecule has 2 N–H and O–H groups in total. The Hall–Kier alpha value is -3.68. The molecule has 0 aliphatic rings. The van der Waals surface area contributed by atoms with Gasteiger partial charge in [-0.05, 0) is 82.9 Å². The quantitative estimate of drug-likeness (QED) is 0.214. The van der Waals surface area contributed by atoms with Crippen LogP contribution in [-0.4, -0.2) is 36.3 Å². The van der Waals surface area contributed by atoms with Gasteiger partial charge in [-0.3, -0.25) is 4.79 Å². The van der Waals surface area contributed by atoms with E-state index in [4.69, 9.17) is 9.47 Å². The summed E-state index contributed by atoms with van der Waals surface area (Å²) in [5.74, 6) is -0.213. The number of carbonyl (C=O) groups excluding carboxylic acids is 1. The van der Waals surface area contributed by atoms with Crippen LogP contribution in [0.15, 0.2) is 66.0 Å². The van der Waals surface area contributed by atoms with Crippen LogP contribution in [-0.2, 0) is 22.5 Å². The van der Waals surface area contributed by atoms with Gasteiger partial charge in [-0.25, -0.2) is 4.79 Å². The van der Waals surface area contributed by atoms with Crippen LogP contribution in [0.4, 0.5) is 0 Å². The Morgan fingerprint density at radius 1 is 1.00 bits per heavy atom. The molecule has 0 aliphatic carbocycles. The second-order valence-corrected chi connectivity index (χ2v) is 10.1. The summed E-state index contributed by atoms with van der Waals surface area (Å²) in [5, 5.41) is 16.5. The zero-order valence-electron chi connectivity index (χ0n) is 22.0. The predicted molar refractivity (Wildman–Crippen MR) is 152 cm³/mol. The lowest BCUT2D eigenvalue weighted by atomic mass is 9.99. The number of hydrogen-bond acceptors (Lipinski definition) is 5. The summed E-state index contributed by atoms with van der Waals surface area (Å²) in [4.78, 5) is 25.4. The third kappa shape index (κ3) is 6.60. The number of fused-ring (bicyclic) bond motifs is 1. The largest absolute Gasteiger partial charge is 0.494 e. The topological polar surface area (TPSA) is 84.9 Å². The van der Waals surface area contributed by atoms with Crippen LogP contribution in [0.25, 0.3) is 21.2 Å². The molecule has 0 aliphatic heterocycles. The average molecular weight is 532 g/mol. The Balaban J connectivity index is 1.38. The Bertz CT molecular complexity index is 1410. The molecular formula is C31H33NO5S. The maximum atomic E-state index is 13.0. The van der Waals surface area contributed by atoms with Gasteiger partial charge in [0.1, 0.15) is 5.75 Å². The number of thiophene rings is 1. The Labute approximate surface area is 227 Å². The van der Waals surface area contributed by atoms with Crippen molar-refractivity contribution < 1.29 is 24.2 Å². The first-order valence-electron chi connectivity index (χ1n) is 12.8. The van der Waals surface area contributed by atoms with Gasteiger partial charge < -0.3 is 19.9 Å². The molecule has 0 bridgehead atoms. The number of carbonyl (C=O) groups is 2. The summed E-state index contributed by atoms with van der Waals surface area (Å²) < 4.78 is 11.0. The van der Waals surface area contributed by atoms with E-state index in [0.717, 1.165) is 50.1 Å². The van der Waals surface area contributed by atoms with E-state index < -0.39 is 12.1 Å². The van der Waals surface area contributed by atoms with Crippen molar-refractivity contribution >= 4 is 34.0 Å². The molecule has 1 atom stereocenters. The molecule has 0 saturated heterocycles. The molecule has 1 aromatic heterocycles. The van der Waals surface area contributed by atoms with Gasteiger partial charge in [0, 0.05) is 30.0 Å². The molecule has 4 aromatic rings. The van der Waals surface area contributed by atoms with Gasteiger partial charge in [0.05, 0.1) is 6.61 Å². The minimum absolute atomic E-state index is 0.102. The van der Waals surface area contributed by atoms with E-state index in [2.05, 4.69) is 18.3 Å². The van der Waals surface area contributed by atoms with Crippen molar-refractivity contribution in [2.75, 3.05) is 13.2 Å². The number of carboxylic acids is 1. The van der Waals surface area contributed by atoms with Gasteiger partial charge in [0.25, 0.3) is 5.91 Å². The van der Waals surface area contributed by atoms with Crippen molar-refractivity contribution in [3.8, 4) is 16.2 Å². The van der Waals surface area contributed by atoms with Crippen LogP contribution in [0.5, 0.6) is 5.75 Å². The number of amides is 1. The third-order valence-corrected chi connectivity index (χ3v) is 7.42. The molecule has 7 heteroatoms. The number of ether oxygens (including phenoxy) is 2. The highest BCUT2D eigenvalue weighted by Crippen LogP contribution is 2.29. The highest BCUT2D eigenvalue weighted by molar-refractivity contribution is 7.13. The van der Waals surface area contributed by atoms with Gasteiger partial charge in [0.2, 0.25) is 0 Å². The molecule has 0 fully saturated rings. The zero-order valence-corrected chi connectivity index (χ0v) is 22.8. The van der Waals surface area contributed by atoms with Crippen molar-refractivity contribution in [3.05, 3.63) is 88.3 Å². The van der Waals surface area contributed by atoms with E-state index in [1.165, 1.54) is 0 Å². The minimum atomic E-state index is -0.953. The summed E-state index contributed by atoms with van der Waals surface area (Å²) >= 11 is 1.61. The van der Waals surface area contributed by atoms with Crippen molar-refractivity contribution in [1.29, 1.82) is 0 Å². The van der Waals surface area contributed by atoms with Crippen LogP contribution in [0.2, 0.25) is 0 Å². The fraction of sp³-hybridized carbons (Fsp3) is 0.290. The first-order chi connectivity index (χ1) is 18.4. The standard InChI is InChI=1S/C31H33NO5S/c1-4-14-37-25-11-13-26-20(3)27(12-10-24(26)17-25)30(33)32-18-22-16-29(38-19-22)23-8-6-21(7-9-23)15-28(31(34)35)36-5-2/h6-13,16-17,19,28H,4-5,14-15,18H2,1-3H3,(H,32,33)(H,34,35)/t28-/m0/s1. The van der Waals surface area contributed by atoms with Crippen molar-refractivity contribution in [2.45, 2.75) is 46.3 Å². The SMILES string of the molecule is CCCOc1ccc2c(C)c(C(=O)NCc3csc(-c4ccc(C[C@H](OCC)C(=O)O)cc4)c3)ccc2c1. The monoisotopic (exact) mass is 531 g/mol. The Morgan fingerprint density at radius 2 is 1.79 bits per heavy atom. The van der Waals surface area contributed by atoms with Crippen LogP contribution in [0.3, 0.4) is 0 Å². The summed E-state index contributed by atoms with van der Waals surface area (Å²) in [6, 6.07) is 19.8. The van der Waals surface area contributed by atoms with E-state index in [1.807, 2.05) is 66.9 Å². The normalized spacial score (nSPS) is 11.9. The summed E-state index contributed by atoms with van der Waals surface area (Å²) in [6.45, 7) is 7.32. The zero-order chi connectivity index (χ0) is 27.1. The fourth-order valence-corrected chi connectivity index (χ4v) is 5.28. The van der Waals surface area contributed by atoms with E-state index in [9.17, 15) is 14.7 Å². The van der Waals surface area contributed by atoms with Crippen molar-refractivity contribution in [1.82, 2.24) is 5.32 Å². The summed E-state index contributed by atoms with van der Waals surface area (Å²) in [5.41, 5.74) is 4.60. The lowest BCUT2D eigenvalue weighted by Gasteiger charge is -2.12. The molecule has 38 heavy (non-hydrogen) atoms. The number of benzene rings is 3. The van der Waals surface area contributed by atoms with E-state index in [-0.39, 0.29) is 5.91 Å². The highest BCUT2D eigenvalue weighted by Gasteiger charge is 2.18. The van der Waals surface area contributed by atoms with Gasteiger partial charge in [-0.15, -0.1) is 11.3 Å². The molecule has 0 radical (unpaired) electrons. The molecule has 1 heterocycles. The van der Waals surface area contributed by atoms with Gasteiger partial charge in [0.15, 0.2) is 6.10 Å². The number of hydrogen-bond donors (Lipinski definition) is 2. The van der Waals surface area contributed by atoms with Crippen LogP contribution in [0, 0.1) is 6.92 Å². The first-order valence-corrected chi connectivity index (χ1v) is 13.7. The fourth-order valence-electron chi connectivity index (χ4n) is 4.35. The maximum Gasteiger partial charge on any atom is 0.333 e. The third-order valence-electron chi connectivity index (χ3n) is 6.39. The number of aliphatic carboxylic acids is 1. The average Bonchev–Trinajstić information content (AvgIpc) is 3.40. The highest BCUT2D eigenvalue weighted by atomic mass is 32.1. The molecule has 198 valence electrons. The number of carboxylic acid groups (broad SMARTS) is 1. The summed E-state index contributed by atoms with van der Waals surface area (Å²) in [6.07, 6.45) is 0.442. The number of aryl methyl sites for hydroxylation is 1. The van der Waals surface area contributed by atoms with E-state index in [0.29, 0.717) is 31.7 Å². The molecule has 0 unspecified atom stereocenters. The molecular weight excluding hydrogens is 498 g/mol. The Kier molecular flexibility index (Phi) is 9.15. The van der Waals surface area contributed by atoms with Crippen LogP contribution in [0.1, 0.15) is 47.3 Å². The minimum Gasteiger partial charge on any atom is -0.494 e. The van der Waals surface area contributed by atoms with Crippen molar-refractivity contribution in [2.24, 2.45) is 0 Å². The van der Waals surface area contributed by atoms with E-state index >= 15 is 0 Å². The number of nitrogens with one attached hydrogen (secondary N) is 1. The summed E-state index contributed by atoms with van der Waals surface area (Å²) in [7, 11) is 0. The number of rotatable bonds is 12. The van der Waals surface area contributed by atoms with Gasteiger partial charge >= 0.3 is 5.97 Å². The van der Waals surface area contributed by atoms with Crippen LogP contribution >= 0.6 is 11.3 Å². The molecule has 6 nitrogen and oxygen atoms in total. The van der Waals surface area contributed by atoms with Crippen LogP contribution < -0.4 is 10.1 Å². The molecule has 1 amide bonds. The smallest absolute Gasteiger partial charge is 0.333 e. The maximum absolute atomic E-state index is 13.0. The molecule has 0 saturated carbocycles. The second kappa shape index (κ2) is 12.7. The molecule has 3 aromatic carbocycles. The van der Waals surface area contributed by atoms with Gasteiger partial charge in [-0.2, -0.15) is 0 Å². The Morgan fingerprint density at radius 3 is 2.50 bits per heavy atom. The van der Waals surface area contributed by atoms with Gasteiger partial charge in [-0.1, -0.05) is 43.3 Å². The molecule has 0 spiro atoms. The predicted octanol–water partition coefficient (Wildman–Crippen LogP) is 6.63. The second-order valence-electron chi connectivity index (χ2n) is 9.15. The lowest BCUT2D eigenvalue weighted by Crippen LogP contribution is -2.26. The van der Waals surface area contributed by atoms with Crippen molar-refractivity contribution in [3.63, 3.8) is 0 Å². The molecule has 4 rings (SSSR count). The first kappa shape index (κ1) is 27.4. The lowest BCUT2D eigenvalue weighted by molar-refractivity contribution is -0.149.